The maximum atomic E-state index is 6.34. The van der Waals surface area contributed by atoms with Crippen LogP contribution in [0.4, 0.5) is 0 Å². The molecule has 0 spiro atoms. The van der Waals surface area contributed by atoms with Crippen LogP contribution in [0.15, 0.2) is 16.6 Å². The Balaban J connectivity index is 2.30. The van der Waals surface area contributed by atoms with Gasteiger partial charge in [-0.05, 0) is 47.3 Å². The maximum absolute atomic E-state index is 6.34. The Morgan fingerprint density at radius 1 is 1.26 bits per heavy atom. The van der Waals surface area contributed by atoms with Crippen LogP contribution in [0.3, 0.4) is 0 Å². The Labute approximate surface area is 122 Å². The molecule has 106 valence electrons. The van der Waals surface area contributed by atoms with Crippen molar-refractivity contribution < 1.29 is 14.2 Å². The Bertz CT molecular complexity index is 433. The lowest BCUT2D eigenvalue weighted by molar-refractivity contribution is -0.000418. The summed E-state index contributed by atoms with van der Waals surface area (Å²) in [4.78, 5) is 0. The smallest absolute Gasteiger partial charge is 0.133 e. The summed E-state index contributed by atoms with van der Waals surface area (Å²) in [5.41, 5.74) is 7.27. The van der Waals surface area contributed by atoms with Crippen LogP contribution < -0.4 is 15.2 Å². The molecule has 1 heterocycles. The van der Waals surface area contributed by atoms with Crippen LogP contribution in [0, 0.1) is 0 Å². The zero-order valence-electron chi connectivity index (χ0n) is 11.3. The van der Waals surface area contributed by atoms with Gasteiger partial charge in [-0.2, -0.15) is 0 Å². The molecule has 2 rings (SSSR count). The molecule has 1 saturated heterocycles. The SMILES string of the molecule is COc1cc(C(N)C2CCCCO2)c(OC)cc1Br. The van der Waals surface area contributed by atoms with Gasteiger partial charge in [0.25, 0.3) is 0 Å². The van der Waals surface area contributed by atoms with Crippen molar-refractivity contribution in [3.05, 3.63) is 22.2 Å². The maximum Gasteiger partial charge on any atom is 0.133 e. The predicted molar refractivity (Wildman–Crippen MR) is 77.8 cm³/mol. The molecule has 1 fully saturated rings. The molecule has 0 bridgehead atoms. The third-order valence-electron chi connectivity index (χ3n) is 3.48. The summed E-state index contributed by atoms with van der Waals surface area (Å²) in [5.74, 6) is 1.51. The third kappa shape index (κ3) is 3.22. The molecule has 0 radical (unpaired) electrons. The molecule has 1 aliphatic heterocycles. The lowest BCUT2D eigenvalue weighted by Crippen LogP contribution is -2.32. The van der Waals surface area contributed by atoms with E-state index in [2.05, 4.69) is 15.9 Å². The van der Waals surface area contributed by atoms with E-state index in [4.69, 9.17) is 19.9 Å². The Kier molecular flexibility index (Phi) is 5.07. The van der Waals surface area contributed by atoms with Crippen LogP contribution in [0.25, 0.3) is 0 Å². The van der Waals surface area contributed by atoms with E-state index >= 15 is 0 Å². The van der Waals surface area contributed by atoms with E-state index in [1.165, 1.54) is 0 Å². The van der Waals surface area contributed by atoms with Crippen molar-refractivity contribution in [1.82, 2.24) is 0 Å². The first-order valence-corrected chi connectivity index (χ1v) is 7.25. The van der Waals surface area contributed by atoms with Crippen molar-refractivity contribution in [1.29, 1.82) is 0 Å². The highest BCUT2D eigenvalue weighted by atomic mass is 79.9. The first-order valence-electron chi connectivity index (χ1n) is 6.46. The molecule has 0 aromatic heterocycles. The zero-order valence-corrected chi connectivity index (χ0v) is 12.9. The van der Waals surface area contributed by atoms with E-state index in [-0.39, 0.29) is 12.1 Å². The van der Waals surface area contributed by atoms with Crippen LogP contribution in [0.2, 0.25) is 0 Å². The normalized spacial score (nSPS) is 20.9. The summed E-state index contributed by atoms with van der Waals surface area (Å²) < 4.78 is 17.4. The van der Waals surface area contributed by atoms with Crippen molar-refractivity contribution in [3.63, 3.8) is 0 Å². The molecule has 0 saturated carbocycles. The summed E-state index contributed by atoms with van der Waals surface area (Å²) in [6, 6.07) is 3.61. The fraction of sp³-hybridized carbons (Fsp3) is 0.571. The third-order valence-corrected chi connectivity index (χ3v) is 4.10. The van der Waals surface area contributed by atoms with E-state index in [9.17, 15) is 0 Å². The van der Waals surface area contributed by atoms with Crippen LogP contribution in [-0.4, -0.2) is 26.9 Å². The second kappa shape index (κ2) is 6.59. The van der Waals surface area contributed by atoms with Crippen molar-refractivity contribution in [3.8, 4) is 11.5 Å². The van der Waals surface area contributed by atoms with E-state index in [1.54, 1.807) is 14.2 Å². The van der Waals surface area contributed by atoms with E-state index in [0.717, 1.165) is 47.4 Å². The van der Waals surface area contributed by atoms with Crippen molar-refractivity contribution in [2.75, 3.05) is 20.8 Å². The van der Waals surface area contributed by atoms with Crippen molar-refractivity contribution >= 4 is 15.9 Å². The number of methoxy groups -OCH3 is 2. The average Bonchev–Trinajstić information content (AvgIpc) is 2.47. The number of rotatable bonds is 4. The van der Waals surface area contributed by atoms with Crippen LogP contribution in [0.1, 0.15) is 30.9 Å². The number of ether oxygens (including phenoxy) is 3. The number of hydrogen-bond donors (Lipinski definition) is 1. The summed E-state index contributed by atoms with van der Waals surface area (Å²) in [5, 5.41) is 0. The first kappa shape index (κ1) is 14.6. The lowest BCUT2D eigenvalue weighted by atomic mass is 9.95. The van der Waals surface area contributed by atoms with E-state index in [0.29, 0.717) is 0 Å². The van der Waals surface area contributed by atoms with Gasteiger partial charge in [-0.3, -0.25) is 0 Å². The Hall–Kier alpha value is -0.780. The molecule has 5 heteroatoms. The molecule has 2 unspecified atom stereocenters. The second-order valence-corrected chi connectivity index (χ2v) is 5.51. The Morgan fingerprint density at radius 2 is 2.00 bits per heavy atom. The minimum atomic E-state index is -0.197. The van der Waals surface area contributed by atoms with Gasteiger partial charge in [0.2, 0.25) is 0 Å². The van der Waals surface area contributed by atoms with Crippen LogP contribution in [-0.2, 0) is 4.74 Å². The van der Waals surface area contributed by atoms with Crippen molar-refractivity contribution in [2.45, 2.75) is 31.4 Å². The highest BCUT2D eigenvalue weighted by Gasteiger charge is 2.26. The molecule has 0 amide bonds. The number of nitrogens with two attached hydrogens (primary N) is 1. The fourth-order valence-electron chi connectivity index (χ4n) is 2.39. The standard InChI is InChI=1S/C14H20BrNO3/c1-17-12-8-10(15)13(18-2)7-9(12)14(16)11-5-3-4-6-19-11/h7-8,11,14H,3-6,16H2,1-2H3. The topological polar surface area (TPSA) is 53.7 Å². The molecule has 1 aliphatic rings. The van der Waals surface area contributed by atoms with Gasteiger partial charge < -0.3 is 19.9 Å². The molecule has 1 aromatic carbocycles. The summed E-state index contributed by atoms with van der Waals surface area (Å²) in [6.07, 6.45) is 3.31. The van der Waals surface area contributed by atoms with Gasteiger partial charge in [-0.25, -0.2) is 0 Å². The summed E-state index contributed by atoms with van der Waals surface area (Å²) in [7, 11) is 3.28. The van der Waals surface area contributed by atoms with Crippen LogP contribution >= 0.6 is 15.9 Å². The fourth-order valence-corrected chi connectivity index (χ4v) is 2.88. The van der Waals surface area contributed by atoms with E-state index < -0.39 is 0 Å². The molecular formula is C14H20BrNO3. The van der Waals surface area contributed by atoms with Gasteiger partial charge in [-0.1, -0.05) is 0 Å². The molecule has 0 aliphatic carbocycles. The minimum absolute atomic E-state index is 0.0496. The van der Waals surface area contributed by atoms with Gasteiger partial charge in [0, 0.05) is 12.2 Å². The summed E-state index contributed by atoms with van der Waals surface area (Å²) in [6.45, 7) is 0.786. The van der Waals surface area contributed by atoms with Gasteiger partial charge in [0.15, 0.2) is 0 Å². The predicted octanol–water partition coefficient (Wildman–Crippen LogP) is 3.04. The lowest BCUT2D eigenvalue weighted by Gasteiger charge is -2.29. The first-order chi connectivity index (χ1) is 9.17. The molecule has 19 heavy (non-hydrogen) atoms. The molecular weight excluding hydrogens is 310 g/mol. The number of halogens is 1. The van der Waals surface area contributed by atoms with Crippen LogP contribution in [0.5, 0.6) is 11.5 Å². The number of hydrogen-bond acceptors (Lipinski definition) is 4. The largest absolute Gasteiger partial charge is 0.496 e. The highest BCUT2D eigenvalue weighted by molar-refractivity contribution is 9.10. The zero-order chi connectivity index (χ0) is 13.8. The average molecular weight is 330 g/mol. The molecule has 1 aromatic rings. The number of benzene rings is 1. The quantitative estimate of drug-likeness (QED) is 0.922. The van der Waals surface area contributed by atoms with Gasteiger partial charge in [0.05, 0.1) is 30.8 Å². The Morgan fingerprint density at radius 3 is 2.58 bits per heavy atom. The molecule has 4 nitrogen and oxygen atoms in total. The van der Waals surface area contributed by atoms with Gasteiger partial charge in [-0.15, -0.1) is 0 Å². The van der Waals surface area contributed by atoms with Crippen molar-refractivity contribution in [2.24, 2.45) is 5.73 Å². The molecule has 2 N–H and O–H groups in total. The highest BCUT2D eigenvalue weighted by Crippen LogP contribution is 2.37. The second-order valence-electron chi connectivity index (χ2n) is 4.66. The van der Waals surface area contributed by atoms with E-state index in [1.807, 2.05) is 12.1 Å². The minimum Gasteiger partial charge on any atom is -0.496 e. The van der Waals surface area contributed by atoms with Gasteiger partial charge in [0.1, 0.15) is 11.5 Å². The summed E-state index contributed by atoms with van der Waals surface area (Å²) >= 11 is 3.45. The van der Waals surface area contributed by atoms with Gasteiger partial charge >= 0.3 is 0 Å². The monoisotopic (exact) mass is 329 g/mol. The molecule has 2 atom stereocenters.